The summed E-state index contributed by atoms with van der Waals surface area (Å²) in [6.45, 7) is 3.97. The number of aromatic amines is 2. The van der Waals surface area contributed by atoms with Crippen molar-refractivity contribution in [2.24, 2.45) is 0 Å². The van der Waals surface area contributed by atoms with Crippen LogP contribution in [0.4, 0.5) is 0 Å². The number of imidazole rings is 1. The maximum absolute atomic E-state index is 4.65. The lowest BCUT2D eigenvalue weighted by atomic mass is 9.98. The van der Waals surface area contributed by atoms with Gasteiger partial charge in [-0.2, -0.15) is 5.10 Å². The number of aryl methyl sites for hydroxylation is 1. The predicted octanol–water partition coefficient (Wildman–Crippen LogP) is 4.58. The Labute approximate surface area is 173 Å². The zero-order valence-electron chi connectivity index (χ0n) is 16.7. The van der Waals surface area contributed by atoms with Crippen molar-refractivity contribution in [3.63, 3.8) is 0 Å². The highest BCUT2D eigenvalue weighted by molar-refractivity contribution is 5.99. The number of benzene rings is 2. The lowest BCUT2D eigenvalue weighted by Gasteiger charge is -2.14. The first-order valence-electron chi connectivity index (χ1n) is 10.3. The topological polar surface area (TPSA) is 74.3 Å². The molecule has 30 heavy (non-hydrogen) atoms. The van der Waals surface area contributed by atoms with E-state index in [9.17, 15) is 0 Å². The van der Waals surface area contributed by atoms with Crippen LogP contribution in [-0.2, 0) is 0 Å². The van der Waals surface area contributed by atoms with Crippen molar-refractivity contribution in [2.75, 3.05) is 13.1 Å². The quantitative estimate of drug-likeness (QED) is 0.419. The third-order valence-electron chi connectivity index (χ3n) is 5.88. The van der Waals surface area contributed by atoms with Gasteiger partial charge < -0.3 is 14.9 Å². The summed E-state index contributed by atoms with van der Waals surface area (Å²) in [5, 5.41) is 13.5. The molecule has 2 aromatic carbocycles. The van der Waals surface area contributed by atoms with Gasteiger partial charge in [0, 0.05) is 29.0 Å². The number of hydrogen-bond donors (Lipinski definition) is 3. The molecule has 6 heteroatoms. The van der Waals surface area contributed by atoms with Crippen LogP contribution in [0.15, 0.2) is 61.1 Å². The van der Waals surface area contributed by atoms with Gasteiger partial charge in [-0.1, -0.05) is 18.2 Å². The van der Waals surface area contributed by atoms with Crippen molar-refractivity contribution in [2.45, 2.75) is 13.3 Å². The van der Waals surface area contributed by atoms with Gasteiger partial charge in [-0.3, -0.25) is 5.10 Å². The minimum Gasteiger partial charge on any atom is -0.353 e. The molecule has 5 aromatic rings. The smallest absolute Gasteiger partial charge is 0.116 e. The van der Waals surface area contributed by atoms with E-state index >= 15 is 0 Å². The zero-order valence-corrected chi connectivity index (χ0v) is 16.7. The van der Waals surface area contributed by atoms with E-state index in [0.29, 0.717) is 0 Å². The number of fused-ring (bicyclic) bond motifs is 2. The predicted molar refractivity (Wildman–Crippen MR) is 121 cm³/mol. The van der Waals surface area contributed by atoms with E-state index in [-0.39, 0.29) is 0 Å². The molecule has 0 fully saturated rings. The van der Waals surface area contributed by atoms with Crippen molar-refractivity contribution in [1.29, 1.82) is 0 Å². The summed E-state index contributed by atoms with van der Waals surface area (Å²) in [6, 6.07) is 15.1. The normalized spacial score (nSPS) is 14.5. The van der Waals surface area contributed by atoms with Crippen molar-refractivity contribution in [3.05, 3.63) is 72.3 Å². The molecule has 0 radical (unpaired) electrons. The average molecular weight is 394 g/mol. The fourth-order valence-electron chi connectivity index (χ4n) is 4.35. The summed E-state index contributed by atoms with van der Waals surface area (Å²) in [4.78, 5) is 7.94. The number of rotatable bonds is 3. The number of hydrogen-bond acceptors (Lipinski definition) is 3. The Morgan fingerprint density at radius 3 is 2.83 bits per heavy atom. The Morgan fingerprint density at radius 1 is 1.03 bits per heavy atom. The van der Waals surface area contributed by atoms with Gasteiger partial charge in [-0.15, -0.1) is 0 Å². The molecule has 6 nitrogen and oxygen atoms in total. The van der Waals surface area contributed by atoms with Crippen LogP contribution >= 0.6 is 0 Å². The van der Waals surface area contributed by atoms with Gasteiger partial charge >= 0.3 is 0 Å². The molecule has 0 spiro atoms. The Hall–Kier alpha value is -3.64. The number of H-pyrrole nitrogens is 2. The average Bonchev–Trinajstić information content (AvgIpc) is 3.51. The second-order valence-corrected chi connectivity index (χ2v) is 7.86. The van der Waals surface area contributed by atoms with Gasteiger partial charge in [-0.05, 0) is 61.4 Å². The molecule has 0 amide bonds. The molecular formula is C24H22N6. The first-order chi connectivity index (χ1) is 14.8. The van der Waals surface area contributed by atoms with Gasteiger partial charge in [-0.25, -0.2) is 4.98 Å². The first-order valence-corrected chi connectivity index (χ1v) is 10.3. The van der Waals surface area contributed by atoms with Crippen molar-refractivity contribution in [3.8, 4) is 17.1 Å². The standard InChI is InChI=1S/C24H22N6/c1-15-13-30(14-26-15)23-4-2-3-20-18(23)12-22(27-20)24-19-11-17(5-6-21(19)28-29-24)16-7-9-25-10-8-16/h2-7,11-14,25,27H,8-10H2,1H3,(H,28,29). The molecule has 148 valence electrons. The molecule has 0 saturated heterocycles. The number of nitrogens with zero attached hydrogens (tertiary/aromatic N) is 3. The molecule has 0 atom stereocenters. The fraction of sp³-hybridized carbons (Fsp3) is 0.167. The molecule has 3 N–H and O–H groups in total. The minimum atomic E-state index is 0.935. The maximum Gasteiger partial charge on any atom is 0.116 e. The highest BCUT2D eigenvalue weighted by Crippen LogP contribution is 2.33. The SMILES string of the molecule is Cc1cn(-c2cccc3[nH]c(-c4n[nH]c5ccc(C6=CCNCC6)cc45)cc23)cn1. The first kappa shape index (κ1) is 17.2. The van der Waals surface area contributed by atoms with Crippen LogP contribution in [0.1, 0.15) is 17.7 Å². The van der Waals surface area contributed by atoms with Crippen molar-refractivity contribution < 1.29 is 0 Å². The Bertz CT molecular complexity index is 1410. The summed E-state index contributed by atoms with van der Waals surface area (Å²) in [7, 11) is 0. The largest absolute Gasteiger partial charge is 0.353 e. The van der Waals surface area contributed by atoms with Crippen LogP contribution in [0.3, 0.4) is 0 Å². The molecule has 1 aliphatic heterocycles. The third kappa shape index (κ3) is 2.76. The Morgan fingerprint density at radius 2 is 2.00 bits per heavy atom. The lowest BCUT2D eigenvalue weighted by molar-refractivity contribution is 0.739. The van der Waals surface area contributed by atoms with Crippen LogP contribution in [0.2, 0.25) is 0 Å². The van der Waals surface area contributed by atoms with Gasteiger partial charge in [0.05, 0.1) is 28.9 Å². The molecule has 3 aromatic heterocycles. The summed E-state index contributed by atoms with van der Waals surface area (Å²) in [5.41, 5.74) is 8.88. The highest BCUT2D eigenvalue weighted by Gasteiger charge is 2.15. The van der Waals surface area contributed by atoms with E-state index in [0.717, 1.165) is 64.1 Å². The maximum atomic E-state index is 4.65. The highest BCUT2D eigenvalue weighted by atomic mass is 15.1. The molecule has 0 bridgehead atoms. The van der Waals surface area contributed by atoms with E-state index in [2.05, 4.69) is 78.6 Å². The minimum absolute atomic E-state index is 0.935. The van der Waals surface area contributed by atoms with Gasteiger partial charge in [0.15, 0.2) is 0 Å². The molecule has 0 saturated carbocycles. The molecule has 0 unspecified atom stereocenters. The number of aromatic nitrogens is 5. The second-order valence-electron chi connectivity index (χ2n) is 7.86. The Balaban J connectivity index is 1.49. The zero-order chi connectivity index (χ0) is 20.1. The summed E-state index contributed by atoms with van der Waals surface area (Å²) < 4.78 is 2.07. The van der Waals surface area contributed by atoms with Crippen LogP contribution in [-0.4, -0.2) is 37.8 Å². The van der Waals surface area contributed by atoms with Crippen LogP contribution in [0.25, 0.3) is 44.5 Å². The van der Waals surface area contributed by atoms with E-state index in [1.165, 1.54) is 11.1 Å². The van der Waals surface area contributed by atoms with E-state index in [1.54, 1.807) is 0 Å². The van der Waals surface area contributed by atoms with E-state index in [4.69, 9.17) is 0 Å². The molecule has 1 aliphatic rings. The summed E-state index contributed by atoms with van der Waals surface area (Å²) in [5.74, 6) is 0. The molecule has 4 heterocycles. The molecular weight excluding hydrogens is 372 g/mol. The second kappa shape index (κ2) is 6.71. The number of nitrogens with one attached hydrogen (secondary N) is 3. The molecule has 6 rings (SSSR count). The fourth-order valence-corrected chi connectivity index (χ4v) is 4.35. The van der Waals surface area contributed by atoms with E-state index < -0.39 is 0 Å². The van der Waals surface area contributed by atoms with Crippen LogP contribution in [0, 0.1) is 6.92 Å². The van der Waals surface area contributed by atoms with Crippen molar-refractivity contribution >= 4 is 27.4 Å². The summed E-state index contributed by atoms with van der Waals surface area (Å²) in [6.07, 6.45) is 7.25. The summed E-state index contributed by atoms with van der Waals surface area (Å²) >= 11 is 0. The monoisotopic (exact) mass is 394 g/mol. The van der Waals surface area contributed by atoms with Gasteiger partial charge in [0.1, 0.15) is 5.69 Å². The van der Waals surface area contributed by atoms with Crippen molar-refractivity contribution in [1.82, 2.24) is 30.0 Å². The Kier molecular flexibility index (Phi) is 3.86. The molecule has 0 aliphatic carbocycles. The van der Waals surface area contributed by atoms with Gasteiger partial charge in [0.25, 0.3) is 0 Å². The van der Waals surface area contributed by atoms with Crippen LogP contribution in [0.5, 0.6) is 0 Å². The van der Waals surface area contributed by atoms with Gasteiger partial charge in [0.2, 0.25) is 0 Å². The van der Waals surface area contributed by atoms with E-state index in [1.807, 2.05) is 19.4 Å². The lowest BCUT2D eigenvalue weighted by Crippen LogP contribution is -2.19. The third-order valence-corrected chi connectivity index (χ3v) is 5.88. The van der Waals surface area contributed by atoms with Crippen LogP contribution < -0.4 is 5.32 Å².